The highest BCUT2D eigenvalue weighted by molar-refractivity contribution is 9.10. The van der Waals surface area contributed by atoms with Gasteiger partial charge in [0.15, 0.2) is 0 Å². The number of ether oxygens (including phenoxy) is 1. The third-order valence-corrected chi connectivity index (χ3v) is 5.24. The third kappa shape index (κ3) is 3.97. The van der Waals surface area contributed by atoms with E-state index in [1.807, 2.05) is 30.3 Å². The van der Waals surface area contributed by atoms with Crippen LogP contribution in [0.4, 0.5) is 5.13 Å². The van der Waals surface area contributed by atoms with Gasteiger partial charge in [0, 0.05) is 15.2 Å². The zero-order chi connectivity index (χ0) is 19.5. The zero-order valence-electron chi connectivity index (χ0n) is 14.7. The van der Waals surface area contributed by atoms with Gasteiger partial charge in [-0.3, -0.25) is 5.43 Å². The van der Waals surface area contributed by atoms with Gasteiger partial charge in [-0.15, -0.1) is 11.3 Å². The van der Waals surface area contributed by atoms with E-state index in [0.29, 0.717) is 27.7 Å². The van der Waals surface area contributed by atoms with Crippen molar-refractivity contribution in [1.29, 1.82) is 0 Å². The van der Waals surface area contributed by atoms with E-state index in [1.54, 1.807) is 36.9 Å². The van der Waals surface area contributed by atoms with Crippen molar-refractivity contribution in [3.05, 3.63) is 74.4 Å². The molecule has 6 nitrogen and oxygen atoms in total. The van der Waals surface area contributed by atoms with Crippen molar-refractivity contribution in [1.82, 2.24) is 4.98 Å². The lowest BCUT2D eigenvalue weighted by molar-refractivity contribution is 0.415. The van der Waals surface area contributed by atoms with Gasteiger partial charge in [0.25, 0.3) is 0 Å². The van der Waals surface area contributed by atoms with Gasteiger partial charge in [0.2, 0.25) is 5.13 Å². The number of benzene rings is 2. The summed E-state index contributed by atoms with van der Waals surface area (Å²) in [5, 5.41) is 7.32. The van der Waals surface area contributed by atoms with Crippen LogP contribution in [0.5, 0.6) is 5.75 Å². The van der Waals surface area contributed by atoms with E-state index in [9.17, 15) is 4.79 Å². The van der Waals surface area contributed by atoms with Crippen molar-refractivity contribution in [2.24, 2.45) is 5.10 Å². The average Bonchev–Trinajstić information content (AvgIpc) is 3.17. The molecule has 0 fully saturated rings. The average molecular weight is 456 g/mol. The van der Waals surface area contributed by atoms with Gasteiger partial charge in [-0.05, 0) is 42.0 Å². The molecule has 4 rings (SSSR count). The zero-order valence-corrected chi connectivity index (χ0v) is 17.1. The molecule has 140 valence electrons. The first-order chi connectivity index (χ1) is 13.6. The van der Waals surface area contributed by atoms with E-state index in [2.05, 4.69) is 31.4 Å². The Hall–Kier alpha value is -2.97. The second kappa shape index (κ2) is 7.95. The Morgan fingerprint density at radius 3 is 2.82 bits per heavy atom. The molecule has 0 unspecified atom stereocenters. The molecule has 28 heavy (non-hydrogen) atoms. The van der Waals surface area contributed by atoms with Gasteiger partial charge in [0.05, 0.1) is 24.6 Å². The number of methoxy groups -OCH3 is 1. The molecule has 0 aliphatic heterocycles. The standard InChI is InChI=1S/C20H14BrN3O3S/c1-26-15-6-7-18-13(8-15)9-16(19(25)27-18)17-11-28-20(23-17)24-22-10-12-2-4-14(21)5-3-12/h2-11H,1H3,(H,23,24)/b22-10-. The Kier molecular flexibility index (Phi) is 5.23. The molecule has 2 heterocycles. The fourth-order valence-corrected chi connectivity index (χ4v) is 3.49. The summed E-state index contributed by atoms with van der Waals surface area (Å²) in [6, 6.07) is 14.8. The van der Waals surface area contributed by atoms with Gasteiger partial charge in [-0.25, -0.2) is 9.78 Å². The minimum Gasteiger partial charge on any atom is -0.497 e. The van der Waals surface area contributed by atoms with Crippen LogP contribution < -0.4 is 15.8 Å². The molecule has 8 heteroatoms. The number of hydrogen-bond acceptors (Lipinski definition) is 7. The molecular formula is C20H14BrN3O3S. The first-order valence-corrected chi connectivity index (χ1v) is 9.92. The molecule has 0 aliphatic rings. The molecule has 0 spiro atoms. The van der Waals surface area contributed by atoms with Crippen LogP contribution in [0.3, 0.4) is 0 Å². The molecular weight excluding hydrogens is 442 g/mol. The first kappa shape index (κ1) is 18.4. The van der Waals surface area contributed by atoms with Gasteiger partial charge in [0.1, 0.15) is 11.3 Å². The number of nitrogens with zero attached hydrogens (tertiary/aromatic N) is 2. The predicted octanol–water partition coefficient (Wildman–Crippen LogP) is 5.13. The number of anilines is 1. The molecule has 0 atom stereocenters. The summed E-state index contributed by atoms with van der Waals surface area (Å²) in [4.78, 5) is 16.8. The van der Waals surface area contributed by atoms with E-state index >= 15 is 0 Å². The summed E-state index contributed by atoms with van der Waals surface area (Å²) in [6.07, 6.45) is 1.70. The van der Waals surface area contributed by atoms with Crippen LogP contribution in [0, 0.1) is 0 Å². The predicted molar refractivity (Wildman–Crippen MR) is 116 cm³/mol. The van der Waals surface area contributed by atoms with E-state index in [0.717, 1.165) is 15.4 Å². The number of hydrazone groups is 1. The lowest BCUT2D eigenvalue weighted by Crippen LogP contribution is -2.03. The lowest BCUT2D eigenvalue weighted by Gasteiger charge is -2.03. The maximum atomic E-state index is 12.3. The SMILES string of the molecule is COc1ccc2oc(=O)c(-c3csc(N/N=C\c4ccc(Br)cc4)n3)cc2c1. The molecule has 0 bridgehead atoms. The molecule has 0 radical (unpaired) electrons. The number of fused-ring (bicyclic) bond motifs is 1. The highest BCUT2D eigenvalue weighted by Crippen LogP contribution is 2.27. The number of rotatable bonds is 5. The van der Waals surface area contributed by atoms with Crippen molar-refractivity contribution in [2.45, 2.75) is 0 Å². The number of thiazole rings is 1. The maximum Gasteiger partial charge on any atom is 0.345 e. The number of nitrogens with one attached hydrogen (secondary N) is 1. The normalized spacial score (nSPS) is 11.2. The summed E-state index contributed by atoms with van der Waals surface area (Å²) in [7, 11) is 1.59. The fourth-order valence-electron chi connectivity index (χ4n) is 2.57. The maximum absolute atomic E-state index is 12.3. The highest BCUT2D eigenvalue weighted by Gasteiger charge is 2.12. The largest absolute Gasteiger partial charge is 0.497 e. The molecule has 0 aliphatic carbocycles. The smallest absolute Gasteiger partial charge is 0.345 e. The third-order valence-electron chi connectivity index (χ3n) is 3.96. The second-order valence-electron chi connectivity index (χ2n) is 5.81. The van der Waals surface area contributed by atoms with Gasteiger partial charge in [-0.1, -0.05) is 28.1 Å². The molecule has 0 amide bonds. The van der Waals surface area contributed by atoms with E-state index < -0.39 is 5.63 Å². The molecule has 2 aromatic heterocycles. The minimum absolute atomic E-state index is 0.391. The van der Waals surface area contributed by atoms with Gasteiger partial charge < -0.3 is 9.15 Å². The van der Waals surface area contributed by atoms with Gasteiger partial charge in [-0.2, -0.15) is 5.10 Å². The van der Waals surface area contributed by atoms with E-state index in [4.69, 9.17) is 9.15 Å². The topological polar surface area (TPSA) is 76.7 Å². The minimum atomic E-state index is -0.437. The quantitative estimate of drug-likeness (QED) is 0.256. The highest BCUT2D eigenvalue weighted by atomic mass is 79.9. The van der Waals surface area contributed by atoms with Crippen molar-refractivity contribution in [3.63, 3.8) is 0 Å². The number of aromatic nitrogens is 1. The molecule has 2 aromatic carbocycles. The van der Waals surface area contributed by atoms with Crippen LogP contribution in [0.25, 0.3) is 22.2 Å². The summed E-state index contributed by atoms with van der Waals surface area (Å²) < 4.78 is 11.6. The van der Waals surface area contributed by atoms with Crippen LogP contribution >= 0.6 is 27.3 Å². The van der Waals surface area contributed by atoms with Crippen molar-refractivity contribution >= 4 is 49.6 Å². The van der Waals surface area contributed by atoms with Crippen LogP contribution in [0.15, 0.2) is 72.7 Å². The summed E-state index contributed by atoms with van der Waals surface area (Å²) in [5.41, 5.74) is 4.83. The summed E-state index contributed by atoms with van der Waals surface area (Å²) in [5.74, 6) is 0.690. The summed E-state index contributed by atoms with van der Waals surface area (Å²) in [6.45, 7) is 0. The van der Waals surface area contributed by atoms with Crippen LogP contribution in [-0.2, 0) is 0 Å². The van der Waals surface area contributed by atoms with Crippen LogP contribution in [0.2, 0.25) is 0 Å². The van der Waals surface area contributed by atoms with Gasteiger partial charge >= 0.3 is 5.63 Å². The Balaban J connectivity index is 1.57. The Morgan fingerprint density at radius 2 is 2.04 bits per heavy atom. The first-order valence-electron chi connectivity index (χ1n) is 8.25. The molecule has 1 N–H and O–H groups in total. The van der Waals surface area contributed by atoms with Crippen LogP contribution in [0.1, 0.15) is 5.56 Å². The van der Waals surface area contributed by atoms with E-state index in [1.165, 1.54) is 11.3 Å². The second-order valence-corrected chi connectivity index (χ2v) is 7.58. The van der Waals surface area contributed by atoms with Crippen LogP contribution in [-0.4, -0.2) is 18.3 Å². The fraction of sp³-hybridized carbons (Fsp3) is 0.0500. The molecule has 0 saturated heterocycles. The molecule has 4 aromatic rings. The molecule has 0 saturated carbocycles. The number of halogens is 1. The Bertz CT molecular complexity index is 1220. The van der Waals surface area contributed by atoms with Crippen molar-refractivity contribution in [3.8, 4) is 17.0 Å². The number of hydrogen-bond donors (Lipinski definition) is 1. The lowest BCUT2D eigenvalue weighted by atomic mass is 10.1. The Labute approximate surface area is 172 Å². The van der Waals surface area contributed by atoms with Crippen molar-refractivity contribution in [2.75, 3.05) is 12.5 Å². The van der Waals surface area contributed by atoms with Crippen molar-refractivity contribution < 1.29 is 9.15 Å². The van der Waals surface area contributed by atoms with E-state index in [-0.39, 0.29) is 0 Å². The summed E-state index contributed by atoms with van der Waals surface area (Å²) >= 11 is 4.75. The monoisotopic (exact) mass is 455 g/mol. The Morgan fingerprint density at radius 1 is 1.21 bits per heavy atom.